The molecule has 1 heterocycles. The van der Waals surface area contributed by atoms with E-state index in [0.29, 0.717) is 11.8 Å². The van der Waals surface area contributed by atoms with Gasteiger partial charge in [0.2, 0.25) is 0 Å². The highest BCUT2D eigenvalue weighted by Crippen LogP contribution is 2.39. The van der Waals surface area contributed by atoms with E-state index >= 15 is 0 Å². The lowest BCUT2D eigenvalue weighted by molar-refractivity contribution is 0.464. The van der Waals surface area contributed by atoms with Gasteiger partial charge in [-0.25, -0.2) is 0 Å². The first-order chi connectivity index (χ1) is 13.9. The number of aromatic nitrogens is 2. The molecule has 0 radical (unpaired) electrons. The van der Waals surface area contributed by atoms with Gasteiger partial charge in [-0.1, -0.05) is 95.6 Å². The summed E-state index contributed by atoms with van der Waals surface area (Å²) < 4.78 is 9.67. The van der Waals surface area contributed by atoms with Gasteiger partial charge in [0.25, 0.3) is 0 Å². The molecule has 0 N–H and O–H groups in total. The molecule has 2 aliphatic rings. The van der Waals surface area contributed by atoms with E-state index in [0.717, 1.165) is 0 Å². The maximum atomic E-state index is 4.84. The smallest absolute Gasteiger partial charge is 0.108 e. The minimum Gasteiger partial charge on any atom is -0.173 e. The molecule has 2 aliphatic carbocycles. The van der Waals surface area contributed by atoms with Crippen LogP contribution in [-0.2, 0) is 0 Å². The molecule has 154 valence electrons. The standard InChI is InChI=1S/C25H38N2S/c1-2-6-10-14-20(15-11-7-3-1)22-18-19-23(25-24(22)26-28-27-25)21-16-12-8-4-5-9-13-17-21/h18-21H,1-17H2. The van der Waals surface area contributed by atoms with E-state index in [9.17, 15) is 0 Å². The highest BCUT2D eigenvalue weighted by atomic mass is 32.1. The molecule has 2 nitrogen and oxygen atoms in total. The van der Waals surface area contributed by atoms with Gasteiger partial charge < -0.3 is 0 Å². The topological polar surface area (TPSA) is 25.8 Å². The monoisotopic (exact) mass is 398 g/mol. The Bertz CT molecular complexity index is 702. The number of nitrogens with zero attached hydrogens (tertiary/aromatic N) is 2. The Kier molecular flexibility index (Phi) is 7.77. The van der Waals surface area contributed by atoms with Crippen molar-refractivity contribution in [3.63, 3.8) is 0 Å². The van der Waals surface area contributed by atoms with Gasteiger partial charge in [-0.05, 0) is 48.6 Å². The predicted octanol–water partition coefficient (Wildman–Crippen LogP) is 8.52. The van der Waals surface area contributed by atoms with Crippen LogP contribution < -0.4 is 0 Å². The van der Waals surface area contributed by atoms with Crippen LogP contribution in [0.4, 0.5) is 0 Å². The number of fused-ring (bicyclic) bond motifs is 1. The van der Waals surface area contributed by atoms with Crippen LogP contribution in [0, 0.1) is 0 Å². The Balaban J connectivity index is 1.58. The van der Waals surface area contributed by atoms with Crippen molar-refractivity contribution in [2.75, 3.05) is 0 Å². The summed E-state index contributed by atoms with van der Waals surface area (Å²) in [5, 5.41) is 0. The summed E-state index contributed by atoms with van der Waals surface area (Å²) in [7, 11) is 0. The predicted molar refractivity (Wildman–Crippen MR) is 121 cm³/mol. The second kappa shape index (κ2) is 10.7. The van der Waals surface area contributed by atoms with Crippen molar-refractivity contribution in [2.45, 2.75) is 121 Å². The van der Waals surface area contributed by atoms with Crippen LogP contribution in [0.1, 0.15) is 132 Å². The number of hydrogen-bond acceptors (Lipinski definition) is 3. The minimum absolute atomic E-state index is 0.694. The third-order valence-corrected chi connectivity index (χ3v) is 7.85. The Morgan fingerprint density at radius 1 is 0.500 bits per heavy atom. The third-order valence-electron chi connectivity index (χ3n) is 7.32. The average molecular weight is 399 g/mol. The van der Waals surface area contributed by atoms with Crippen molar-refractivity contribution in [3.8, 4) is 0 Å². The van der Waals surface area contributed by atoms with E-state index < -0.39 is 0 Å². The van der Waals surface area contributed by atoms with Crippen molar-refractivity contribution in [3.05, 3.63) is 23.3 Å². The molecule has 4 rings (SSSR count). The molecule has 28 heavy (non-hydrogen) atoms. The van der Waals surface area contributed by atoms with Crippen molar-refractivity contribution in [1.29, 1.82) is 0 Å². The summed E-state index contributed by atoms with van der Waals surface area (Å²) in [5.41, 5.74) is 5.53. The van der Waals surface area contributed by atoms with Gasteiger partial charge in [0, 0.05) is 0 Å². The third kappa shape index (κ3) is 5.14. The second-order valence-corrected chi connectivity index (χ2v) is 9.88. The molecule has 0 unspecified atom stereocenters. The summed E-state index contributed by atoms with van der Waals surface area (Å²) in [4.78, 5) is 0. The lowest BCUT2D eigenvalue weighted by atomic mass is 9.83. The Morgan fingerprint density at radius 2 is 0.821 bits per heavy atom. The molecule has 0 spiro atoms. The largest absolute Gasteiger partial charge is 0.173 e. The van der Waals surface area contributed by atoms with Crippen LogP contribution in [0.15, 0.2) is 12.1 Å². The van der Waals surface area contributed by atoms with Crippen LogP contribution in [0.5, 0.6) is 0 Å². The zero-order valence-electron chi connectivity index (χ0n) is 17.6. The fraction of sp³-hybridized carbons (Fsp3) is 0.760. The molecule has 2 saturated carbocycles. The van der Waals surface area contributed by atoms with Gasteiger partial charge in [0.1, 0.15) is 11.0 Å². The van der Waals surface area contributed by atoms with Crippen LogP contribution in [0.2, 0.25) is 0 Å². The van der Waals surface area contributed by atoms with Gasteiger partial charge in [-0.3, -0.25) is 0 Å². The lowest BCUT2D eigenvalue weighted by Gasteiger charge is -2.22. The van der Waals surface area contributed by atoms with Gasteiger partial charge in [-0.15, -0.1) is 0 Å². The zero-order chi connectivity index (χ0) is 19.0. The molecule has 0 bridgehead atoms. The molecule has 1 aromatic carbocycles. The van der Waals surface area contributed by atoms with E-state index in [1.165, 1.54) is 143 Å². The maximum absolute atomic E-state index is 4.84. The summed E-state index contributed by atoms with van der Waals surface area (Å²) in [6.45, 7) is 0. The second-order valence-electron chi connectivity index (χ2n) is 9.35. The van der Waals surface area contributed by atoms with E-state index in [1.54, 1.807) is 0 Å². The molecular weight excluding hydrogens is 360 g/mol. The summed E-state index contributed by atoms with van der Waals surface area (Å²) in [6.07, 6.45) is 23.7. The van der Waals surface area contributed by atoms with E-state index in [2.05, 4.69) is 12.1 Å². The highest BCUT2D eigenvalue weighted by Gasteiger charge is 2.22. The number of hydrogen-bond donors (Lipinski definition) is 0. The summed E-state index contributed by atoms with van der Waals surface area (Å²) in [6, 6.07) is 4.92. The zero-order valence-corrected chi connectivity index (χ0v) is 18.4. The minimum atomic E-state index is 0.694. The van der Waals surface area contributed by atoms with Crippen molar-refractivity contribution < 1.29 is 0 Å². The van der Waals surface area contributed by atoms with Crippen LogP contribution >= 0.6 is 11.7 Å². The number of rotatable bonds is 2. The first-order valence-electron chi connectivity index (χ1n) is 12.2. The molecular formula is C25H38N2S. The van der Waals surface area contributed by atoms with Gasteiger partial charge in [-0.2, -0.15) is 8.75 Å². The molecule has 3 heteroatoms. The molecule has 0 amide bonds. The van der Waals surface area contributed by atoms with Crippen molar-refractivity contribution >= 4 is 22.8 Å². The van der Waals surface area contributed by atoms with Crippen molar-refractivity contribution in [2.24, 2.45) is 0 Å². The fourth-order valence-electron chi connectivity index (χ4n) is 5.63. The maximum Gasteiger partial charge on any atom is 0.108 e. The van der Waals surface area contributed by atoms with Crippen LogP contribution in [0.25, 0.3) is 11.0 Å². The molecule has 2 fully saturated rings. The quantitative estimate of drug-likeness (QED) is 0.506. The van der Waals surface area contributed by atoms with Crippen LogP contribution in [0.3, 0.4) is 0 Å². The fourth-order valence-corrected chi connectivity index (χ4v) is 6.22. The van der Waals surface area contributed by atoms with Gasteiger partial charge in [0.15, 0.2) is 0 Å². The van der Waals surface area contributed by atoms with E-state index in [1.807, 2.05) is 0 Å². The Labute approximate surface area is 175 Å². The SMILES string of the molecule is c1cc(C2CCCCCCCC2)c2nsnc2c1C1CCCCCCCCC1. The number of benzene rings is 1. The van der Waals surface area contributed by atoms with Gasteiger partial charge >= 0.3 is 0 Å². The normalized spacial score (nSPS) is 22.4. The molecule has 0 aliphatic heterocycles. The first kappa shape index (κ1) is 20.3. The Hall–Kier alpha value is -0.960. The first-order valence-corrected chi connectivity index (χ1v) is 12.9. The molecule has 1 aromatic heterocycles. The average Bonchev–Trinajstić information content (AvgIpc) is 3.25. The summed E-state index contributed by atoms with van der Waals surface area (Å²) in [5.74, 6) is 1.39. The van der Waals surface area contributed by atoms with Crippen molar-refractivity contribution in [1.82, 2.24) is 8.75 Å². The highest BCUT2D eigenvalue weighted by molar-refractivity contribution is 7.00. The van der Waals surface area contributed by atoms with E-state index in [4.69, 9.17) is 8.75 Å². The van der Waals surface area contributed by atoms with E-state index in [-0.39, 0.29) is 0 Å². The summed E-state index contributed by atoms with van der Waals surface area (Å²) >= 11 is 1.44. The molecule has 0 atom stereocenters. The lowest BCUT2D eigenvalue weighted by Crippen LogP contribution is -2.05. The molecule has 0 saturated heterocycles. The van der Waals surface area contributed by atoms with Crippen LogP contribution in [-0.4, -0.2) is 8.75 Å². The molecule has 2 aromatic rings. The Morgan fingerprint density at radius 3 is 1.18 bits per heavy atom. The van der Waals surface area contributed by atoms with Gasteiger partial charge in [0.05, 0.1) is 11.7 Å².